The van der Waals surface area contributed by atoms with Crippen LogP contribution < -0.4 is 15.5 Å². The fourth-order valence-electron chi connectivity index (χ4n) is 3.19. The van der Waals surface area contributed by atoms with Gasteiger partial charge in [0.15, 0.2) is 5.96 Å². The van der Waals surface area contributed by atoms with Gasteiger partial charge in [0, 0.05) is 50.5 Å². The number of nitrogens with zero attached hydrogens (tertiary/aromatic N) is 5. The van der Waals surface area contributed by atoms with E-state index in [0.29, 0.717) is 6.54 Å². The van der Waals surface area contributed by atoms with E-state index in [-0.39, 0.29) is 24.0 Å². The molecule has 0 spiro atoms. The fourth-order valence-corrected chi connectivity index (χ4v) is 3.19. The molecule has 0 radical (unpaired) electrons. The van der Waals surface area contributed by atoms with Crippen molar-refractivity contribution < 1.29 is 0 Å². The highest BCUT2D eigenvalue weighted by Gasteiger charge is 2.04. The van der Waals surface area contributed by atoms with Gasteiger partial charge in [-0.2, -0.15) is 0 Å². The average molecular weight is 533 g/mol. The molecule has 0 unspecified atom stereocenters. The standard InChI is InChI=1S/C23H31N7.HI/c1-3-25-23(27-12-8-15-29(4-2)21-9-6-5-7-10-21)28-18-20-11-13-26-22(17-20)30-16-14-24-19-30;/h5-7,9-11,13-14,16-17,19H,3-4,8,12,15,18H2,1-2H3,(H2,25,27,28);1H. The first-order valence-corrected chi connectivity index (χ1v) is 10.6. The van der Waals surface area contributed by atoms with Crippen molar-refractivity contribution in [1.29, 1.82) is 0 Å². The summed E-state index contributed by atoms with van der Waals surface area (Å²) in [5.41, 5.74) is 2.37. The molecular weight excluding hydrogens is 501 g/mol. The molecule has 2 heterocycles. The summed E-state index contributed by atoms with van der Waals surface area (Å²) in [7, 11) is 0. The van der Waals surface area contributed by atoms with Crippen molar-refractivity contribution in [2.24, 2.45) is 4.99 Å². The van der Waals surface area contributed by atoms with E-state index in [4.69, 9.17) is 4.99 Å². The van der Waals surface area contributed by atoms with Crippen molar-refractivity contribution in [3.63, 3.8) is 0 Å². The lowest BCUT2D eigenvalue weighted by molar-refractivity contribution is 0.709. The Balaban J connectivity index is 0.00000341. The van der Waals surface area contributed by atoms with Gasteiger partial charge >= 0.3 is 0 Å². The second kappa shape index (κ2) is 13.6. The summed E-state index contributed by atoms with van der Waals surface area (Å²) in [6.07, 6.45) is 8.22. The summed E-state index contributed by atoms with van der Waals surface area (Å²) in [5, 5.41) is 6.77. The number of halogens is 1. The van der Waals surface area contributed by atoms with Crippen LogP contribution in [-0.2, 0) is 6.54 Å². The van der Waals surface area contributed by atoms with Crippen LogP contribution in [0.2, 0.25) is 0 Å². The van der Waals surface area contributed by atoms with E-state index >= 15 is 0 Å². The van der Waals surface area contributed by atoms with Crippen LogP contribution >= 0.6 is 24.0 Å². The van der Waals surface area contributed by atoms with Crippen molar-refractivity contribution >= 4 is 35.6 Å². The number of para-hydroxylation sites is 1. The molecule has 0 aliphatic carbocycles. The smallest absolute Gasteiger partial charge is 0.191 e. The number of pyridine rings is 1. The number of aromatic nitrogens is 3. The summed E-state index contributed by atoms with van der Waals surface area (Å²) >= 11 is 0. The molecule has 0 saturated heterocycles. The van der Waals surface area contributed by atoms with Gasteiger partial charge in [0.2, 0.25) is 0 Å². The number of imidazole rings is 1. The van der Waals surface area contributed by atoms with Crippen LogP contribution in [0.15, 0.2) is 72.4 Å². The van der Waals surface area contributed by atoms with Crippen molar-refractivity contribution in [2.45, 2.75) is 26.8 Å². The van der Waals surface area contributed by atoms with E-state index in [2.05, 4.69) is 69.7 Å². The van der Waals surface area contributed by atoms with E-state index in [1.807, 2.05) is 29.1 Å². The van der Waals surface area contributed by atoms with Gasteiger partial charge in [-0.05, 0) is 50.1 Å². The molecule has 0 aliphatic rings. The quantitative estimate of drug-likeness (QED) is 0.179. The van der Waals surface area contributed by atoms with Gasteiger partial charge in [-0.3, -0.25) is 4.57 Å². The zero-order valence-corrected chi connectivity index (χ0v) is 20.6. The molecular formula is C23H32IN7. The minimum Gasteiger partial charge on any atom is -0.372 e. The Hall–Kier alpha value is -2.62. The van der Waals surface area contributed by atoms with Crippen LogP contribution in [0, 0.1) is 0 Å². The summed E-state index contributed by atoms with van der Waals surface area (Å²) in [4.78, 5) is 15.6. The molecule has 7 nitrogen and oxygen atoms in total. The Morgan fingerprint density at radius 3 is 2.65 bits per heavy atom. The lowest BCUT2D eigenvalue weighted by Gasteiger charge is -2.23. The van der Waals surface area contributed by atoms with E-state index in [9.17, 15) is 0 Å². The van der Waals surface area contributed by atoms with Gasteiger partial charge in [-0.15, -0.1) is 24.0 Å². The highest BCUT2D eigenvalue weighted by molar-refractivity contribution is 14.0. The Morgan fingerprint density at radius 2 is 1.94 bits per heavy atom. The summed E-state index contributed by atoms with van der Waals surface area (Å²) in [6.45, 7) is 8.56. The van der Waals surface area contributed by atoms with Gasteiger partial charge in [0.25, 0.3) is 0 Å². The van der Waals surface area contributed by atoms with E-state index < -0.39 is 0 Å². The van der Waals surface area contributed by atoms with Gasteiger partial charge < -0.3 is 15.5 Å². The maximum absolute atomic E-state index is 4.73. The third-order valence-electron chi connectivity index (χ3n) is 4.74. The predicted octanol–water partition coefficient (Wildman–Crippen LogP) is 3.86. The molecule has 8 heteroatoms. The molecule has 0 aliphatic heterocycles. The highest BCUT2D eigenvalue weighted by Crippen LogP contribution is 2.12. The third kappa shape index (κ3) is 7.86. The number of hydrogen-bond donors (Lipinski definition) is 2. The molecule has 0 saturated carbocycles. The first kappa shape index (κ1) is 24.6. The SMILES string of the molecule is CCNC(=NCc1ccnc(-n2ccnc2)c1)NCCCN(CC)c1ccccc1.I. The second-order valence-electron chi connectivity index (χ2n) is 6.88. The maximum atomic E-state index is 4.73. The first-order chi connectivity index (χ1) is 14.8. The van der Waals surface area contributed by atoms with Gasteiger partial charge in [0.1, 0.15) is 12.1 Å². The largest absolute Gasteiger partial charge is 0.372 e. The molecule has 3 aromatic rings. The number of guanidine groups is 1. The van der Waals surface area contributed by atoms with E-state index in [0.717, 1.165) is 49.9 Å². The number of hydrogen-bond acceptors (Lipinski definition) is 4. The Bertz CT molecular complexity index is 897. The van der Waals surface area contributed by atoms with Crippen molar-refractivity contribution in [3.8, 4) is 5.82 Å². The summed E-state index contributed by atoms with van der Waals surface area (Å²) < 4.78 is 1.89. The Labute approximate surface area is 202 Å². The normalized spacial score (nSPS) is 11.0. The highest BCUT2D eigenvalue weighted by atomic mass is 127. The minimum atomic E-state index is 0. The van der Waals surface area contributed by atoms with Gasteiger partial charge in [-0.1, -0.05) is 18.2 Å². The monoisotopic (exact) mass is 533 g/mol. The molecule has 1 aromatic carbocycles. The molecule has 0 fully saturated rings. The minimum absolute atomic E-state index is 0. The van der Waals surface area contributed by atoms with Crippen LogP contribution in [0.3, 0.4) is 0 Å². The molecule has 0 atom stereocenters. The van der Waals surface area contributed by atoms with E-state index in [1.165, 1.54) is 5.69 Å². The molecule has 0 amide bonds. The Kier molecular flexibility index (Phi) is 10.8. The van der Waals surface area contributed by atoms with Crippen molar-refractivity contribution in [3.05, 3.63) is 72.9 Å². The molecule has 0 bridgehead atoms. The van der Waals surface area contributed by atoms with Crippen LogP contribution in [0.4, 0.5) is 5.69 Å². The predicted molar refractivity (Wildman–Crippen MR) is 139 cm³/mol. The summed E-state index contributed by atoms with van der Waals surface area (Å²) in [6, 6.07) is 14.6. The molecule has 3 rings (SSSR count). The Morgan fingerprint density at radius 1 is 1.10 bits per heavy atom. The fraction of sp³-hybridized carbons (Fsp3) is 0.348. The number of aliphatic imine (C=N–C) groups is 1. The molecule has 166 valence electrons. The number of nitrogens with one attached hydrogen (secondary N) is 2. The lowest BCUT2D eigenvalue weighted by atomic mass is 10.2. The number of anilines is 1. The van der Waals surface area contributed by atoms with Crippen molar-refractivity contribution in [2.75, 3.05) is 31.1 Å². The lowest BCUT2D eigenvalue weighted by Crippen LogP contribution is -2.38. The second-order valence-corrected chi connectivity index (χ2v) is 6.88. The van der Waals surface area contributed by atoms with Crippen LogP contribution in [0.25, 0.3) is 5.82 Å². The molecule has 31 heavy (non-hydrogen) atoms. The molecule has 2 N–H and O–H groups in total. The zero-order valence-electron chi connectivity index (χ0n) is 18.2. The first-order valence-electron chi connectivity index (χ1n) is 10.6. The number of benzene rings is 1. The van der Waals surface area contributed by atoms with Gasteiger partial charge in [0.05, 0.1) is 6.54 Å². The maximum Gasteiger partial charge on any atom is 0.191 e. The van der Waals surface area contributed by atoms with Crippen LogP contribution in [0.1, 0.15) is 25.8 Å². The topological polar surface area (TPSA) is 70.4 Å². The average Bonchev–Trinajstić information content (AvgIpc) is 3.33. The van der Waals surface area contributed by atoms with Crippen LogP contribution in [0.5, 0.6) is 0 Å². The number of rotatable bonds is 10. The van der Waals surface area contributed by atoms with E-state index in [1.54, 1.807) is 12.5 Å². The third-order valence-corrected chi connectivity index (χ3v) is 4.74. The van der Waals surface area contributed by atoms with Crippen molar-refractivity contribution in [1.82, 2.24) is 25.2 Å². The zero-order chi connectivity index (χ0) is 21.0. The van der Waals surface area contributed by atoms with Gasteiger partial charge in [-0.25, -0.2) is 15.0 Å². The molecule has 2 aromatic heterocycles. The van der Waals surface area contributed by atoms with Crippen LogP contribution in [-0.4, -0.2) is 46.7 Å². The summed E-state index contributed by atoms with van der Waals surface area (Å²) in [5.74, 6) is 1.68.